The average molecular weight is 440 g/mol. The average Bonchev–Trinajstić information content (AvgIpc) is 3.39. The Morgan fingerprint density at radius 3 is 2.70 bits per heavy atom. The number of thiophene rings is 1. The van der Waals surface area contributed by atoms with Crippen LogP contribution >= 0.6 is 22.7 Å². The molecule has 0 aliphatic heterocycles. The van der Waals surface area contributed by atoms with Crippen molar-refractivity contribution in [3.63, 3.8) is 0 Å². The van der Waals surface area contributed by atoms with E-state index >= 15 is 0 Å². The van der Waals surface area contributed by atoms with Crippen molar-refractivity contribution in [3.05, 3.63) is 68.8 Å². The number of hydrogen-bond donors (Lipinski definition) is 0. The van der Waals surface area contributed by atoms with Crippen LogP contribution in [0.15, 0.2) is 52.6 Å². The molecule has 0 fully saturated rings. The van der Waals surface area contributed by atoms with Gasteiger partial charge in [0.1, 0.15) is 10.7 Å². The van der Waals surface area contributed by atoms with Crippen molar-refractivity contribution in [2.75, 3.05) is 13.7 Å². The van der Waals surface area contributed by atoms with Crippen LogP contribution in [0.25, 0.3) is 21.1 Å². The SMILES string of the molecule is CCOc1ccc(-c2nc(Cn3nc(-c4ccc(C)s4)ccc3=O)cs2)cc1OC. The lowest BCUT2D eigenvalue weighted by atomic mass is 10.2. The lowest BCUT2D eigenvalue weighted by Gasteiger charge is -2.10. The van der Waals surface area contributed by atoms with E-state index in [2.05, 4.69) is 18.1 Å². The summed E-state index contributed by atoms with van der Waals surface area (Å²) in [6.07, 6.45) is 0. The van der Waals surface area contributed by atoms with Crippen molar-refractivity contribution in [2.45, 2.75) is 20.4 Å². The summed E-state index contributed by atoms with van der Waals surface area (Å²) >= 11 is 3.18. The molecule has 0 bridgehead atoms. The molecule has 0 radical (unpaired) electrons. The Kier molecular flexibility index (Phi) is 5.96. The van der Waals surface area contributed by atoms with Crippen LogP contribution < -0.4 is 15.0 Å². The number of benzene rings is 1. The molecule has 0 saturated carbocycles. The van der Waals surface area contributed by atoms with E-state index < -0.39 is 0 Å². The highest BCUT2D eigenvalue weighted by Gasteiger charge is 2.12. The Morgan fingerprint density at radius 1 is 1.10 bits per heavy atom. The van der Waals surface area contributed by atoms with Gasteiger partial charge in [0.05, 0.1) is 30.8 Å². The zero-order valence-corrected chi connectivity index (χ0v) is 18.5. The Morgan fingerprint density at radius 2 is 1.97 bits per heavy atom. The van der Waals surface area contributed by atoms with Crippen LogP contribution in [0.3, 0.4) is 0 Å². The second-order valence-corrected chi connectivity index (χ2v) is 8.71. The number of thiazole rings is 1. The van der Waals surface area contributed by atoms with E-state index in [0.717, 1.165) is 26.8 Å². The van der Waals surface area contributed by atoms with Gasteiger partial charge in [0, 0.05) is 21.9 Å². The predicted molar refractivity (Wildman–Crippen MR) is 121 cm³/mol. The lowest BCUT2D eigenvalue weighted by Crippen LogP contribution is -2.22. The van der Waals surface area contributed by atoms with Gasteiger partial charge in [0.2, 0.25) is 0 Å². The van der Waals surface area contributed by atoms with Crippen LogP contribution in [-0.2, 0) is 6.54 Å². The van der Waals surface area contributed by atoms with Gasteiger partial charge < -0.3 is 9.47 Å². The summed E-state index contributed by atoms with van der Waals surface area (Å²) in [7, 11) is 1.62. The van der Waals surface area contributed by atoms with Crippen molar-refractivity contribution in [1.82, 2.24) is 14.8 Å². The zero-order chi connectivity index (χ0) is 21.1. The van der Waals surface area contributed by atoms with Crippen molar-refractivity contribution in [1.29, 1.82) is 0 Å². The Balaban J connectivity index is 1.59. The molecule has 154 valence electrons. The van der Waals surface area contributed by atoms with Crippen LogP contribution in [0, 0.1) is 6.92 Å². The van der Waals surface area contributed by atoms with Crippen molar-refractivity contribution in [3.8, 4) is 32.6 Å². The van der Waals surface area contributed by atoms with Gasteiger partial charge in [-0.1, -0.05) is 0 Å². The fraction of sp³-hybridized carbons (Fsp3) is 0.227. The Hall–Kier alpha value is -2.97. The molecule has 6 nitrogen and oxygen atoms in total. The molecule has 8 heteroatoms. The van der Waals surface area contributed by atoms with E-state index in [1.807, 2.05) is 36.6 Å². The Labute approximate surface area is 182 Å². The zero-order valence-electron chi connectivity index (χ0n) is 16.9. The lowest BCUT2D eigenvalue weighted by molar-refractivity contribution is 0.311. The molecule has 0 N–H and O–H groups in total. The minimum Gasteiger partial charge on any atom is -0.493 e. The fourth-order valence-corrected chi connectivity index (χ4v) is 4.65. The summed E-state index contributed by atoms with van der Waals surface area (Å²) < 4.78 is 12.5. The molecule has 4 rings (SSSR count). The molecule has 3 heterocycles. The molecule has 30 heavy (non-hydrogen) atoms. The second-order valence-electron chi connectivity index (χ2n) is 6.57. The van der Waals surface area contributed by atoms with Crippen molar-refractivity contribution in [2.24, 2.45) is 0 Å². The van der Waals surface area contributed by atoms with Crippen LogP contribution in [0.1, 0.15) is 17.5 Å². The molecule has 0 atom stereocenters. The highest BCUT2D eigenvalue weighted by Crippen LogP contribution is 2.34. The van der Waals surface area contributed by atoms with Crippen LogP contribution in [0.5, 0.6) is 11.5 Å². The standard InChI is InChI=1S/C22H21N3O3S2/c1-4-28-18-8-6-15(11-19(18)27-3)22-23-16(13-29-22)12-25-21(26)10-7-17(24-25)20-9-5-14(2)30-20/h5-11,13H,4,12H2,1-3H3. The van der Waals surface area contributed by atoms with E-state index in [9.17, 15) is 4.79 Å². The molecule has 0 unspecified atom stereocenters. The molecule has 0 saturated heterocycles. The van der Waals surface area contributed by atoms with E-state index in [1.165, 1.54) is 20.9 Å². The number of rotatable bonds is 7. The first kappa shape index (κ1) is 20.3. The van der Waals surface area contributed by atoms with Gasteiger partial charge in [-0.05, 0) is 50.2 Å². The third-order valence-corrected chi connectivity index (χ3v) is 6.40. The summed E-state index contributed by atoms with van der Waals surface area (Å²) in [6.45, 7) is 4.88. The minimum absolute atomic E-state index is 0.149. The van der Waals surface area contributed by atoms with E-state index in [0.29, 0.717) is 24.7 Å². The summed E-state index contributed by atoms with van der Waals surface area (Å²) in [6, 6.07) is 13.2. The maximum absolute atomic E-state index is 12.3. The number of hydrogen-bond acceptors (Lipinski definition) is 7. The second kappa shape index (κ2) is 8.81. The highest BCUT2D eigenvalue weighted by atomic mass is 32.1. The fourth-order valence-electron chi connectivity index (χ4n) is 3.01. The third-order valence-electron chi connectivity index (χ3n) is 4.43. The number of ether oxygens (including phenoxy) is 2. The summed E-state index contributed by atoms with van der Waals surface area (Å²) in [4.78, 5) is 19.3. The topological polar surface area (TPSA) is 66.2 Å². The van der Waals surface area contributed by atoms with Gasteiger partial charge in [-0.15, -0.1) is 22.7 Å². The van der Waals surface area contributed by atoms with E-state index in [-0.39, 0.29) is 5.56 Å². The number of nitrogens with zero attached hydrogens (tertiary/aromatic N) is 3. The van der Waals surface area contributed by atoms with Crippen molar-refractivity contribution < 1.29 is 9.47 Å². The van der Waals surface area contributed by atoms with Crippen LogP contribution in [-0.4, -0.2) is 28.5 Å². The van der Waals surface area contributed by atoms with Gasteiger partial charge >= 0.3 is 0 Å². The molecule has 0 aliphatic rings. The molecule has 0 spiro atoms. The molecular formula is C22H21N3O3S2. The summed E-state index contributed by atoms with van der Waals surface area (Å²) in [5.41, 5.74) is 2.37. The first-order chi connectivity index (χ1) is 14.6. The van der Waals surface area contributed by atoms with Crippen LogP contribution in [0.2, 0.25) is 0 Å². The monoisotopic (exact) mass is 439 g/mol. The predicted octanol–water partition coefficient (Wildman–Crippen LogP) is 4.86. The van der Waals surface area contributed by atoms with E-state index in [1.54, 1.807) is 30.6 Å². The maximum Gasteiger partial charge on any atom is 0.267 e. The van der Waals surface area contributed by atoms with Crippen LogP contribution in [0.4, 0.5) is 0 Å². The highest BCUT2D eigenvalue weighted by molar-refractivity contribution is 7.15. The molecule has 0 aliphatic carbocycles. The largest absolute Gasteiger partial charge is 0.493 e. The van der Waals surface area contributed by atoms with Gasteiger partial charge in [0.25, 0.3) is 5.56 Å². The van der Waals surface area contributed by atoms with Gasteiger partial charge in [-0.25, -0.2) is 9.67 Å². The summed E-state index contributed by atoms with van der Waals surface area (Å²) in [5.74, 6) is 1.37. The number of aromatic nitrogens is 3. The molecular weight excluding hydrogens is 418 g/mol. The number of aryl methyl sites for hydroxylation is 1. The van der Waals surface area contributed by atoms with Gasteiger partial charge in [0.15, 0.2) is 11.5 Å². The normalized spacial score (nSPS) is 10.9. The first-order valence-corrected chi connectivity index (χ1v) is 11.2. The first-order valence-electron chi connectivity index (χ1n) is 9.48. The van der Waals surface area contributed by atoms with Crippen molar-refractivity contribution >= 4 is 22.7 Å². The van der Waals surface area contributed by atoms with Gasteiger partial charge in [-0.2, -0.15) is 5.10 Å². The maximum atomic E-state index is 12.3. The minimum atomic E-state index is -0.149. The molecule has 3 aromatic heterocycles. The summed E-state index contributed by atoms with van der Waals surface area (Å²) in [5, 5.41) is 7.34. The molecule has 4 aromatic rings. The molecule has 0 amide bonds. The smallest absolute Gasteiger partial charge is 0.267 e. The van der Waals surface area contributed by atoms with Gasteiger partial charge in [-0.3, -0.25) is 4.79 Å². The quantitative estimate of drug-likeness (QED) is 0.411. The Bertz CT molecular complexity index is 1230. The third kappa shape index (κ3) is 4.29. The van der Waals surface area contributed by atoms with E-state index in [4.69, 9.17) is 14.5 Å². The molecule has 1 aromatic carbocycles. The number of methoxy groups -OCH3 is 1.